The third-order valence-corrected chi connectivity index (χ3v) is 3.47. The summed E-state index contributed by atoms with van der Waals surface area (Å²) in [5.74, 6) is -0.153. The second-order valence-corrected chi connectivity index (χ2v) is 4.84. The van der Waals surface area contributed by atoms with Crippen LogP contribution in [0.2, 0.25) is 0 Å². The fraction of sp³-hybridized carbons (Fsp3) is 0.375. The van der Waals surface area contributed by atoms with E-state index in [-0.39, 0.29) is 5.91 Å². The van der Waals surface area contributed by atoms with Crippen LogP contribution < -0.4 is 0 Å². The average molecular weight is 289 g/mol. The van der Waals surface area contributed by atoms with Crippen molar-refractivity contribution in [2.75, 3.05) is 13.7 Å². The van der Waals surface area contributed by atoms with Crippen molar-refractivity contribution in [2.45, 2.75) is 26.7 Å². The van der Waals surface area contributed by atoms with E-state index in [0.29, 0.717) is 29.1 Å². The van der Waals surface area contributed by atoms with E-state index in [0.717, 1.165) is 12.8 Å². The molecule has 2 rings (SSSR count). The minimum absolute atomic E-state index is 0.183. The molecule has 0 saturated carbocycles. The third-order valence-electron chi connectivity index (χ3n) is 3.47. The number of allylic oxidation sites excluding steroid dienone is 1. The topological polar surface area (TPSA) is 59.8 Å². The Balaban J connectivity index is 2.43. The van der Waals surface area contributed by atoms with Crippen LogP contribution in [0.25, 0.3) is 6.08 Å². The summed E-state index contributed by atoms with van der Waals surface area (Å²) in [6.07, 6.45) is 4.96. The van der Waals surface area contributed by atoms with E-state index < -0.39 is 5.97 Å². The lowest BCUT2D eigenvalue weighted by atomic mass is 10.1. The molecule has 1 aromatic rings. The number of esters is 1. The van der Waals surface area contributed by atoms with Gasteiger partial charge in [0.25, 0.3) is 5.91 Å². The Labute approximate surface area is 123 Å². The van der Waals surface area contributed by atoms with Gasteiger partial charge in [-0.1, -0.05) is 13.3 Å². The van der Waals surface area contributed by atoms with Crippen molar-refractivity contribution in [1.29, 1.82) is 0 Å². The summed E-state index contributed by atoms with van der Waals surface area (Å²) in [4.78, 5) is 26.2. The molecule has 0 aromatic carbocycles. The molecule has 5 nitrogen and oxygen atoms in total. The number of nitrogens with zero attached hydrogens (tertiary/aromatic N) is 1. The van der Waals surface area contributed by atoms with Gasteiger partial charge in [0.05, 0.1) is 24.5 Å². The van der Waals surface area contributed by atoms with Gasteiger partial charge in [0.1, 0.15) is 5.76 Å². The molecular weight excluding hydrogens is 270 g/mol. The van der Waals surface area contributed by atoms with Crippen molar-refractivity contribution in [2.24, 2.45) is 0 Å². The van der Waals surface area contributed by atoms with Crippen molar-refractivity contribution in [1.82, 2.24) is 4.90 Å². The van der Waals surface area contributed by atoms with Gasteiger partial charge < -0.3 is 14.1 Å². The van der Waals surface area contributed by atoms with Crippen LogP contribution in [0.15, 0.2) is 39.7 Å². The number of hydrogen-bond acceptors (Lipinski definition) is 4. The SMILES string of the molecule is CCCCN1C(=O)/C(=C\c2ccco2)C(C(=O)OC)=C1C. The van der Waals surface area contributed by atoms with E-state index in [4.69, 9.17) is 9.15 Å². The van der Waals surface area contributed by atoms with E-state index in [1.165, 1.54) is 13.4 Å². The summed E-state index contributed by atoms with van der Waals surface area (Å²) in [7, 11) is 1.31. The highest BCUT2D eigenvalue weighted by Gasteiger charge is 2.36. The smallest absolute Gasteiger partial charge is 0.340 e. The monoisotopic (exact) mass is 289 g/mol. The molecule has 1 amide bonds. The first-order valence-corrected chi connectivity index (χ1v) is 6.96. The summed E-state index contributed by atoms with van der Waals surface area (Å²) in [6, 6.07) is 3.47. The maximum atomic E-state index is 12.5. The third kappa shape index (κ3) is 2.91. The summed E-state index contributed by atoms with van der Waals surface area (Å²) in [5, 5.41) is 0. The van der Waals surface area contributed by atoms with Crippen LogP contribution in [-0.4, -0.2) is 30.4 Å². The molecule has 2 heterocycles. The molecule has 21 heavy (non-hydrogen) atoms. The minimum atomic E-state index is -0.502. The first-order chi connectivity index (χ1) is 10.1. The normalized spacial score (nSPS) is 17.0. The Morgan fingerprint density at radius 3 is 2.81 bits per heavy atom. The van der Waals surface area contributed by atoms with Crippen molar-refractivity contribution in [3.8, 4) is 0 Å². The van der Waals surface area contributed by atoms with Gasteiger partial charge in [-0.15, -0.1) is 0 Å². The van der Waals surface area contributed by atoms with Crippen molar-refractivity contribution in [3.63, 3.8) is 0 Å². The van der Waals surface area contributed by atoms with Crippen molar-refractivity contribution in [3.05, 3.63) is 41.0 Å². The summed E-state index contributed by atoms with van der Waals surface area (Å²) < 4.78 is 10.0. The van der Waals surface area contributed by atoms with Gasteiger partial charge in [0, 0.05) is 12.2 Å². The molecule has 1 aliphatic rings. The molecule has 0 fully saturated rings. The summed E-state index contributed by atoms with van der Waals surface area (Å²) in [6.45, 7) is 4.42. The number of furan rings is 1. The molecule has 1 aliphatic heterocycles. The maximum absolute atomic E-state index is 12.5. The number of unbranched alkanes of at least 4 members (excludes halogenated alkanes) is 1. The molecule has 0 N–H and O–H groups in total. The lowest BCUT2D eigenvalue weighted by molar-refractivity contribution is -0.136. The number of carbonyl (C=O) groups is 2. The molecule has 0 unspecified atom stereocenters. The van der Waals surface area contributed by atoms with Crippen LogP contribution in [0.3, 0.4) is 0 Å². The zero-order chi connectivity index (χ0) is 15.4. The predicted molar refractivity (Wildman–Crippen MR) is 78.0 cm³/mol. The van der Waals surface area contributed by atoms with E-state index in [9.17, 15) is 9.59 Å². The average Bonchev–Trinajstić information content (AvgIpc) is 3.06. The van der Waals surface area contributed by atoms with Crippen LogP contribution in [-0.2, 0) is 14.3 Å². The van der Waals surface area contributed by atoms with Crippen LogP contribution in [0.4, 0.5) is 0 Å². The molecule has 0 aliphatic carbocycles. The molecular formula is C16H19NO4. The van der Waals surface area contributed by atoms with Gasteiger partial charge in [0.15, 0.2) is 0 Å². The Morgan fingerprint density at radius 2 is 2.24 bits per heavy atom. The standard InChI is InChI=1S/C16H19NO4/c1-4-5-8-17-11(2)14(16(19)20-3)13(15(17)18)10-12-7-6-9-21-12/h6-7,9-10H,4-5,8H2,1-3H3/b13-10-. The Morgan fingerprint density at radius 1 is 1.48 bits per heavy atom. The Kier molecular flexibility index (Phi) is 4.62. The number of ether oxygens (including phenoxy) is 1. The molecule has 5 heteroatoms. The number of methoxy groups -OCH3 is 1. The van der Waals surface area contributed by atoms with Gasteiger partial charge >= 0.3 is 5.97 Å². The van der Waals surface area contributed by atoms with Gasteiger partial charge in [0.2, 0.25) is 0 Å². The Bertz CT molecular complexity index is 596. The lowest BCUT2D eigenvalue weighted by Gasteiger charge is -2.16. The van der Waals surface area contributed by atoms with E-state index in [1.807, 2.05) is 0 Å². The van der Waals surface area contributed by atoms with E-state index in [1.54, 1.807) is 30.0 Å². The lowest BCUT2D eigenvalue weighted by Crippen LogP contribution is -2.26. The predicted octanol–water partition coefficient (Wildman–Crippen LogP) is 2.75. The largest absolute Gasteiger partial charge is 0.465 e. The zero-order valence-corrected chi connectivity index (χ0v) is 12.5. The fourth-order valence-electron chi connectivity index (χ4n) is 2.33. The summed E-state index contributed by atoms with van der Waals surface area (Å²) in [5.41, 5.74) is 1.28. The quantitative estimate of drug-likeness (QED) is 0.617. The maximum Gasteiger partial charge on any atom is 0.340 e. The summed E-state index contributed by atoms with van der Waals surface area (Å²) >= 11 is 0. The molecule has 0 bridgehead atoms. The van der Waals surface area contributed by atoms with Crippen LogP contribution in [0.1, 0.15) is 32.4 Å². The zero-order valence-electron chi connectivity index (χ0n) is 12.5. The Hall–Kier alpha value is -2.30. The first kappa shape index (κ1) is 15.1. The number of amides is 1. The van der Waals surface area contributed by atoms with Crippen molar-refractivity contribution >= 4 is 18.0 Å². The van der Waals surface area contributed by atoms with Gasteiger partial charge in [-0.05, 0) is 31.6 Å². The second-order valence-electron chi connectivity index (χ2n) is 4.84. The highest BCUT2D eigenvalue weighted by Crippen LogP contribution is 2.31. The molecule has 0 saturated heterocycles. The first-order valence-electron chi connectivity index (χ1n) is 6.96. The molecule has 0 radical (unpaired) electrons. The highest BCUT2D eigenvalue weighted by molar-refractivity contribution is 6.16. The fourth-order valence-corrected chi connectivity index (χ4v) is 2.33. The number of hydrogen-bond donors (Lipinski definition) is 0. The number of rotatable bonds is 5. The van der Waals surface area contributed by atoms with Gasteiger partial charge in [-0.2, -0.15) is 0 Å². The molecule has 1 aromatic heterocycles. The van der Waals surface area contributed by atoms with Gasteiger partial charge in [-0.25, -0.2) is 4.79 Å². The van der Waals surface area contributed by atoms with Crippen LogP contribution in [0, 0.1) is 0 Å². The highest BCUT2D eigenvalue weighted by atomic mass is 16.5. The second kappa shape index (κ2) is 6.43. The van der Waals surface area contributed by atoms with Crippen molar-refractivity contribution < 1.29 is 18.7 Å². The molecule has 112 valence electrons. The van der Waals surface area contributed by atoms with Gasteiger partial charge in [-0.3, -0.25) is 4.79 Å². The van der Waals surface area contributed by atoms with Crippen LogP contribution in [0.5, 0.6) is 0 Å². The number of carbonyl (C=O) groups excluding carboxylic acids is 2. The van der Waals surface area contributed by atoms with E-state index in [2.05, 4.69) is 6.92 Å². The van der Waals surface area contributed by atoms with E-state index >= 15 is 0 Å². The minimum Gasteiger partial charge on any atom is -0.465 e. The molecule has 0 spiro atoms. The molecule has 0 atom stereocenters. The van der Waals surface area contributed by atoms with Crippen LogP contribution >= 0.6 is 0 Å².